The average molecular weight is 170 g/mol. The zero-order valence-electron chi connectivity index (χ0n) is 8.51. The van der Waals surface area contributed by atoms with Gasteiger partial charge in [0.05, 0.1) is 12.2 Å². The van der Waals surface area contributed by atoms with Crippen LogP contribution in [0.4, 0.5) is 0 Å². The van der Waals surface area contributed by atoms with E-state index in [4.69, 9.17) is 4.74 Å². The molecule has 12 heavy (non-hydrogen) atoms. The maximum atomic E-state index is 5.83. The Balaban J connectivity index is 2.24. The van der Waals surface area contributed by atoms with Gasteiger partial charge in [0.1, 0.15) is 0 Å². The van der Waals surface area contributed by atoms with E-state index in [1.54, 1.807) is 0 Å². The Morgan fingerprint density at radius 2 is 1.17 bits per heavy atom. The lowest BCUT2D eigenvalue weighted by Crippen LogP contribution is -2.17. The predicted molar refractivity (Wildman–Crippen MR) is 52.3 cm³/mol. The molecule has 0 N–H and O–H groups in total. The van der Waals surface area contributed by atoms with Gasteiger partial charge in [-0.15, -0.1) is 0 Å². The van der Waals surface area contributed by atoms with Crippen molar-refractivity contribution < 1.29 is 4.74 Å². The summed E-state index contributed by atoms with van der Waals surface area (Å²) < 4.78 is 5.83. The van der Waals surface area contributed by atoms with Crippen molar-refractivity contribution in [2.75, 3.05) is 0 Å². The van der Waals surface area contributed by atoms with Gasteiger partial charge in [-0.1, -0.05) is 32.1 Å². The highest BCUT2D eigenvalue weighted by atomic mass is 16.5. The second kappa shape index (κ2) is 5.58. The zero-order valence-corrected chi connectivity index (χ0v) is 8.51. The first-order valence-electron chi connectivity index (χ1n) is 5.44. The third kappa shape index (κ3) is 4.10. The standard InChI is InChI=1S/C11H22O/c1-10-8-6-4-3-5-7-9-11(2)12-10/h10-11H,3-9H2,1-2H3. The highest BCUT2D eigenvalue weighted by Crippen LogP contribution is 2.16. The van der Waals surface area contributed by atoms with Crippen molar-refractivity contribution in [3.8, 4) is 0 Å². The molecule has 2 unspecified atom stereocenters. The largest absolute Gasteiger partial charge is 0.376 e. The van der Waals surface area contributed by atoms with Crippen molar-refractivity contribution in [3.63, 3.8) is 0 Å². The Hall–Kier alpha value is -0.0400. The van der Waals surface area contributed by atoms with Crippen LogP contribution in [0.3, 0.4) is 0 Å². The van der Waals surface area contributed by atoms with Crippen molar-refractivity contribution in [1.29, 1.82) is 0 Å². The summed E-state index contributed by atoms with van der Waals surface area (Å²) in [5, 5.41) is 0. The van der Waals surface area contributed by atoms with Gasteiger partial charge < -0.3 is 4.74 Å². The lowest BCUT2D eigenvalue weighted by Gasteiger charge is -2.20. The minimum absolute atomic E-state index is 0.484. The van der Waals surface area contributed by atoms with Crippen molar-refractivity contribution in [2.45, 2.75) is 71.0 Å². The summed E-state index contributed by atoms with van der Waals surface area (Å²) in [7, 11) is 0. The maximum absolute atomic E-state index is 5.83. The smallest absolute Gasteiger partial charge is 0.0550 e. The maximum Gasteiger partial charge on any atom is 0.0550 e. The van der Waals surface area contributed by atoms with Gasteiger partial charge in [-0.3, -0.25) is 0 Å². The first-order valence-corrected chi connectivity index (χ1v) is 5.44. The van der Waals surface area contributed by atoms with Crippen LogP contribution in [0.15, 0.2) is 0 Å². The lowest BCUT2D eigenvalue weighted by molar-refractivity contribution is -0.00409. The minimum Gasteiger partial charge on any atom is -0.376 e. The zero-order chi connectivity index (χ0) is 8.81. The molecule has 0 amide bonds. The molecule has 72 valence electrons. The quantitative estimate of drug-likeness (QED) is 0.540. The average Bonchev–Trinajstić information content (AvgIpc) is 2.02. The van der Waals surface area contributed by atoms with Crippen LogP contribution in [0.5, 0.6) is 0 Å². The highest BCUT2D eigenvalue weighted by Gasteiger charge is 2.09. The Bertz CT molecular complexity index is 99.6. The number of ether oxygens (including phenoxy) is 1. The molecular formula is C11H22O. The fraction of sp³-hybridized carbons (Fsp3) is 1.00. The Morgan fingerprint density at radius 1 is 0.750 bits per heavy atom. The molecule has 0 saturated carbocycles. The monoisotopic (exact) mass is 170 g/mol. The fourth-order valence-corrected chi connectivity index (χ4v) is 1.93. The first-order chi connectivity index (χ1) is 5.79. The molecule has 1 saturated heterocycles. The van der Waals surface area contributed by atoms with Gasteiger partial charge in [0.25, 0.3) is 0 Å². The third-order valence-corrected chi connectivity index (χ3v) is 2.69. The van der Waals surface area contributed by atoms with Gasteiger partial charge in [0.2, 0.25) is 0 Å². The topological polar surface area (TPSA) is 9.23 Å². The molecule has 1 heterocycles. The van der Waals surface area contributed by atoms with Gasteiger partial charge in [-0.05, 0) is 26.7 Å². The van der Waals surface area contributed by atoms with Crippen LogP contribution in [-0.4, -0.2) is 12.2 Å². The molecule has 0 aromatic rings. The lowest BCUT2D eigenvalue weighted by atomic mass is 10.0. The van der Waals surface area contributed by atoms with Crippen LogP contribution < -0.4 is 0 Å². The minimum atomic E-state index is 0.484. The van der Waals surface area contributed by atoms with Crippen LogP contribution in [0, 0.1) is 0 Å². The summed E-state index contributed by atoms with van der Waals surface area (Å²) >= 11 is 0. The van der Waals surface area contributed by atoms with E-state index in [0.717, 1.165) is 0 Å². The molecule has 1 aliphatic rings. The normalized spacial score (nSPS) is 34.5. The molecule has 0 aliphatic carbocycles. The summed E-state index contributed by atoms with van der Waals surface area (Å²) in [6.45, 7) is 4.41. The van der Waals surface area contributed by atoms with Gasteiger partial charge >= 0.3 is 0 Å². The number of hydrogen-bond donors (Lipinski definition) is 0. The summed E-state index contributed by atoms with van der Waals surface area (Å²) in [6.07, 6.45) is 10.4. The fourth-order valence-electron chi connectivity index (χ4n) is 1.93. The molecule has 0 aromatic carbocycles. The number of hydrogen-bond acceptors (Lipinski definition) is 1. The summed E-state index contributed by atoms with van der Waals surface area (Å²) in [4.78, 5) is 0. The van der Waals surface area contributed by atoms with Crippen LogP contribution in [0.25, 0.3) is 0 Å². The molecule has 0 spiro atoms. The molecule has 1 fully saturated rings. The molecule has 1 heteroatoms. The van der Waals surface area contributed by atoms with Crippen LogP contribution in [0.2, 0.25) is 0 Å². The van der Waals surface area contributed by atoms with Gasteiger partial charge in [0.15, 0.2) is 0 Å². The molecule has 1 aliphatic heterocycles. The van der Waals surface area contributed by atoms with Gasteiger partial charge in [-0.2, -0.15) is 0 Å². The number of rotatable bonds is 0. The van der Waals surface area contributed by atoms with E-state index < -0.39 is 0 Å². The second-order valence-electron chi connectivity index (χ2n) is 4.10. The van der Waals surface area contributed by atoms with Gasteiger partial charge in [0, 0.05) is 0 Å². The summed E-state index contributed by atoms with van der Waals surface area (Å²) in [6, 6.07) is 0. The van der Waals surface area contributed by atoms with Crippen LogP contribution in [-0.2, 0) is 4.74 Å². The van der Waals surface area contributed by atoms with E-state index in [1.807, 2.05) is 0 Å². The molecule has 1 rings (SSSR count). The Morgan fingerprint density at radius 3 is 1.67 bits per heavy atom. The SMILES string of the molecule is CC1CCCCCCCC(C)O1. The van der Waals surface area contributed by atoms with Crippen molar-refractivity contribution in [2.24, 2.45) is 0 Å². The van der Waals surface area contributed by atoms with Crippen LogP contribution in [0.1, 0.15) is 58.8 Å². The summed E-state index contributed by atoms with van der Waals surface area (Å²) in [5.74, 6) is 0. The molecule has 1 nitrogen and oxygen atoms in total. The molecule has 2 atom stereocenters. The van der Waals surface area contributed by atoms with E-state index in [9.17, 15) is 0 Å². The van der Waals surface area contributed by atoms with Crippen molar-refractivity contribution >= 4 is 0 Å². The van der Waals surface area contributed by atoms with E-state index in [-0.39, 0.29) is 0 Å². The van der Waals surface area contributed by atoms with E-state index in [1.165, 1.54) is 44.9 Å². The molecule has 0 bridgehead atoms. The Kier molecular flexibility index (Phi) is 4.67. The third-order valence-electron chi connectivity index (χ3n) is 2.69. The van der Waals surface area contributed by atoms with Crippen LogP contribution >= 0.6 is 0 Å². The molecule has 0 radical (unpaired) electrons. The first kappa shape index (κ1) is 10.0. The van der Waals surface area contributed by atoms with Crippen molar-refractivity contribution in [1.82, 2.24) is 0 Å². The van der Waals surface area contributed by atoms with Gasteiger partial charge in [-0.25, -0.2) is 0 Å². The molecule has 0 aromatic heterocycles. The second-order valence-corrected chi connectivity index (χ2v) is 4.10. The van der Waals surface area contributed by atoms with E-state index in [0.29, 0.717) is 12.2 Å². The van der Waals surface area contributed by atoms with E-state index in [2.05, 4.69) is 13.8 Å². The summed E-state index contributed by atoms with van der Waals surface area (Å²) in [5.41, 5.74) is 0. The predicted octanol–water partition coefficient (Wildman–Crippen LogP) is 3.52. The Labute approximate surface area is 76.5 Å². The molecular weight excluding hydrogens is 148 g/mol. The van der Waals surface area contributed by atoms with Crippen molar-refractivity contribution in [3.05, 3.63) is 0 Å². The van der Waals surface area contributed by atoms with E-state index >= 15 is 0 Å². The highest BCUT2D eigenvalue weighted by molar-refractivity contribution is 4.59.